The van der Waals surface area contributed by atoms with Gasteiger partial charge in [0.15, 0.2) is 0 Å². The quantitative estimate of drug-likeness (QED) is 0.701. The van der Waals surface area contributed by atoms with Gasteiger partial charge in [0.1, 0.15) is 0 Å². The van der Waals surface area contributed by atoms with Crippen LogP contribution in [0.15, 0.2) is 54.6 Å². The maximum atomic E-state index is 5.84. The van der Waals surface area contributed by atoms with Crippen molar-refractivity contribution in [2.45, 2.75) is 5.92 Å². The van der Waals surface area contributed by atoms with Crippen molar-refractivity contribution in [2.24, 2.45) is 0 Å². The predicted molar refractivity (Wildman–Crippen MR) is 65.1 cm³/mol. The molecule has 1 heteroatoms. The Morgan fingerprint density at radius 2 is 1.33 bits per heavy atom. The third-order valence-electron chi connectivity index (χ3n) is 2.47. The molecular weight excluding hydrogens is 204 g/mol. The number of hydrogen-bond donors (Lipinski definition) is 0. The monoisotopic (exact) mass is 215 g/mol. The zero-order valence-corrected chi connectivity index (χ0v) is 9.11. The van der Waals surface area contributed by atoms with Crippen LogP contribution >= 0.6 is 11.6 Å². The number of halogens is 1. The van der Waals surface area contributed by atoms with E-state index in [1.165, 1.54) is 11.1 Å². The Kier molecular flexibility index (Phi) is 3.08. The van der Waals surface area contributed by atoms with Gasteiger partial charge in [-0.3, -0.25) is 0 Å². The molecule has 0 bridgehead atoms. The summed E-state index contributed by atoms with van der Waals surface area (Å²) in [5.41, 5.74) is 2.41. The van der Waals surface area contributed by atoms with E-state index in [2.05, 4.69) is 19.1 Å². The second-order valence-electron chi connectivity index (χ2n) is 3.51. The largest absolute Gasteiger partial charge is 0.0843 e. The predicted octanol–water partition coefficient (Wildman–Crippen LogP) is 4.31. The standard InChI is InChI=1S/C14H12Cl/c1-11(12-5-3-2-4-6-12)13-7-9-14(15)10-8-13/h2-11H,1H2. The molecule has 2 aromatic rings. The van der Waals surface area contributed by atoms with Crippen molar-refractivity contribution in [3.05, 3.63) is 77.7 Å². The van der Waals surface area contributed by atoms with Gasteiger partial charge in [-0.25, -0.2) is 0 Å². The van der Waals surface area contributed by atoms with Crippen LogP contribution in [-0.2, 0) is 0 Å². The van der Waals surface area contributed by atoms with Crippen molar-refractivity contribution in [3.63, 3.8) is 0 Å². The first kappa shape index (κ1) is 10.3. The van der Waals surface area contributed by atoms with Crippen molar-refractivity contribution in [1.29, 1.82) is 0 Å². The fourth-order valence-corrected chi connectivity index (χ4v) is 1.70. The normalized spacial score (nSPS) is 12.4. The highest BCUT2D eigenvalue weighted by Crippen LogP contribution is 2.24. The van der Waals surface area contributed by atoms with Crippen LogP contribution in [-0.4, -0.2) is 0 Å². The molecule has 1 unspecified atom stereocenters. The number of hydrogen-bond acceptors (Lipinski definition) is 0. The van der Waals surface area contributed by atoms with E-state index in [-0.39, 0.29) is 5.92 Å². The molecule has 0 amide bonds. The Hall–Kier alpha value is -1.27. The van der Waals surface area contributed by atoms with Crippen LogP contribution in [0.4, 0.5) is 0 Å². The maximum absolute atomic E-state index is 5.84. The summed E-state index contributed by atoms with van der Waals surface area (Å²) in [5.74, 6) is 0.170. The number of rotatable bonds is 2. The first-order chi connectivity index (χ1) is 7.27. The van der Waals surface area contributed by atoms with Crippen LogP contribution in [0.2, 0.25) is 5.02 Å². The summed E-state index contributed by atoms with van der Waals surface area (Å²) in [6.07, 6.45) is 0. The van der Waals surface area contributed by atoms with Crippen LogP contribution in [0.5, 0.6) is 0 Å². The maximum Gasteiger partial charge on any atom is 0.0406 e. The lowest BCUT2D eigenvalue weighted by atomic mass is 9.93. The molecule has 0 N–H and O–H groups in total. The Morgan fingerprint density at radius 3 is 1.93 bits per heavy atom. The van der Waals surface area contributed by atoms with Crippen LogP contribution in [0.25, 0.3) is 0 Å². The number of benzene rings is 2. The van der Waals surface area contributed by atoms with E-state index in [0.29, 0.717) is 0 Å². The van der Waals surface area contributed by atoms with Crippen LogP contribution in [0.3, 0.4) is 0 Å². The molecule has 0 aromatic heterocycles. The summed E-state index contributed by atoms with van der Waals surface area (Å²) in [7, 11) is 0. The fourth-order valence-electron chi connectivity index (χ4n) is 1.57. The molecule has 2 rings (SSSR count). The average Bonchev–Trinajstić information content (AvgIpc) is 2.30. The molecule has 0 aliphatic carbocycles. The molecule has 1 atom stereocenters. The average molecular weight is 216 g/mol. The Labute approximate surface area is 95.5 Å². The van der Waals surface area contributed by atoms with Gasteiger partial charge in [0, 0.05) is 10.9 Å². The van der Waals surface area contributed by atoms with Gasteiger partial charge in [-0.1, -0.05) is 54.1 Å². The lowest BCUT2D eigenvalue weighted by Gasteiger charge is -2.11. The van der Waals surface area contributed by atoms with Crippen molar-refractivity contribution < 1.29 is 0 Å². The molecule has 75 valence electrons. The molecule has 15 heavy (non-hydrogen) atoms. The lowest BCUT2D eigenvalue weighted by molar-refractivity contribution is 1.02. The lowest BCUT2D eigenvalue weighted by Crippen LogP contribution is -1.95. The fraction of sp³-hybridized carbons (Fsp3) is 0.0714. The van der Waals surface area contributed by atoms with E-state index in [1.807, 2.05) is 42.5 Å². The van der Waals surface area contributed by atoms with Gasteiger partial charge in [-0.15, -0.1) is 0 Å². The van der Waals surface area contributed by atoms with E-state index in [0.717, 1.165) is 5.02 Å². The molecule has 2 aromatic carbocycles. The SMILES string of the molecule is [CH2]C(c1ccccc1)c1ccc(Cl)cc1. The van der Waals surface area contributed by atoms with Crippen LogP contribution in [0, 0.1) is 6.92 Å². The van der Waals surface area contributed by atoms with E-state index in [4.69, 9.17) is 11.6 Å². The first-order valence-corrected chi connectivity index (χ1v) is 5.28. The summed E-state index contributed by atoms with van der Waals surface area (Å²) in [4.78, 5) is 0. The third-order valence-corrected chi connectivity index (χ3v) is 2.73. The van der Waals surface area contributed by atoms with Gasteiger partial charge >= 0.3 is 0 Å². The molecule has 0 heterocycles. The van der Waals surface area contributed by atoms with Gasteiger partial charge in [0.25, 0.3) is 0 Å². The second kappa shape index (κ2) is 4.50. The highest BCUT2D eigenvalue weighted by molar-refractivity contribution is 6.30. The zero-order valence-electron chi connectivity index (χ0n) is 8.36. The molecule has 0 nitrogen and oxygen atoms in total. The molecule has 0 fully saturated rings. The summed E-state index contributed by atoms with van der Waals surface area (Å²) >= 11 is 5.84. The Bertz CT molecular complexity index is 417. The Balaban J connectivity index is 2.29. The van der Waals surface area contributed by atoms with Crippen LogP contribution in [0.1, 0.15) is 17.0 Å². The third kappa shape index (κ3) is 2.40. The van der Waals surface area contributed by atoms with Crippen molar-refractivity contribution in [2.75, 3.05) is 0 Å². The highest BCUT2D eigenvalue weighted by Gasteiger charge is 2.06. The topological polar surface area (TPSA) is 0 Å². The summed E-state index contributed by atoms with van der Waals surface area (Å²) in [5, 5.41) is 0.763. The highest BCUT2D eigenvalue weighted by atomic mass is 35.5. The first-order valence-electron chi connectivity index (χ1n) is 4.91. The van der Waals surface area contributed by atoms with Gasteiger partial charge in [-0.2, -0.15) is 0 Å². The van der Waals surface area contributed by atoms with E-state index >= 15 is 0 Å². The van der Waals surface area contributed by atoms with Crippen LogP contribution < -0.4 is 0 Å². The molecule has 0 aliphatic heterocycles. The molecule has 1 radical (unpaired) electrons. The van der Waals surface area contributed by atoms with Gasteiger partial charge < -0.3 is 0 Å². The Morgan fingerprint density at radius 1 is 0.800 bits per heavy atom. The summed E-state index contributed by atoms with van der Waals surface area (Å²) < 4.78 is 0. The van der Waals surface area contributed by atoms with E-state index < -0.39 is 0 Å². The van der Waals surface area contributed by atoms with E-state index in [1.54, 1.807) is 0 Å². The molecule has 0 saturated heterocycles. The zero-order chi connectivity index (χ0) is 10.7. The second-order valence-corrected chi connectivity index (χ2v) is 3.95. The van der Waals surface area contributed by atoms with Crippen molar-refractivity contribution in [3.8, 4) is 0 Å². The summed E-state index contributed by atoms with van der Waals surface area (Å²) in [6.45, 7) is 4.17. The minimum absolute atomic E-state index is 0.170. The van der Waals surface area contributed by atoms with Crippen molar-refractivity contribution >= 4 is 11.6 Å². The van der Waals surface area contributed by atoms with Crippen molar-refractivity contribution in [1.82, 2.24) is 0 Å². The summed E-state index contributed by atoms with van der Waals surface area (Å²) in [6, 6.07) is 18.1. The van der Waals surface area contributed by atoms with Gasteiger partial charge in [-0.05, 0) is 30.2 Å². The van der Waals surface area contributed by atoms with Gasteiger partial charge in [0.05, 0.1) is 0 Å². The molecule has 0 spiro atoms. The smallest absolute Gasteiger partial charge is 0.0406 e. The molecule has 0 saturated carbocycles. The van der Waals surface area contributed by atoms with E-state index in [9.17, 15) is 0 Å². The molecule has 0 aliphatic rings. The minimum Gasteiger partial charge on any atom is -0.0843 e. The minimum atomic E-state index is 0.170. The molecular formula is C14H12Cl. The van der Waals surface area contributed by atoms with Gasteiger partial charge in [0.2, 0.25) is 0 Å².